The average Bonchev–Trinajstić information content (AvgIpc) is 2.68. The second-order valence-corrected chi connectivity index (χ2v) is 8.70. The molecule has 158 valence electrons. The van der Waals surface area contributed by atoms with Gasteiger partial charge in [0.05, 0.1) is 22.6 Å². The van der Waals surface area contributed by atoms with Gasteiger partial charge in [-0.1, -0.05) is 0 Å². The van der Waals surface area contributed by atoms with Crippen LogP contribution in [0.5, 0.6) is 0 Å². The summed E-state index contributed by atoms with van der Waals surface area (Å²) in [4.78, 5) is 13.0. The Hall–Kier alpha value is -1.96. The van der Waals surface area contributed by atoms with Crippen LogP contribution in [0.1, 0.15) is 61.4 Å². The van der Waals surface area contributed by atoms with Gasteiger partial charge in [-0.2, -0.15) is 29.1 Å². The standard InChI is InChI=1S/C19H23F3N4O2S/c1-2-26(28,29)25-15-11-13(19(20,21)22)3-4-14(15)16(27)24-18-8-5-17(12-23,6-9-18)7-10-18/h3-4,11,28-29H,2,5-10H2,1H3,(H-,24,25,27)/p+1. The number of halogens is 3. The topological polar surface area (TPSA) is 85.2 Å². The van der Waals surface area contributed by atoms with Crippen LogP contribution in [0.2, 0.25) is 0 Å². The molecule has 3 fully saturated rings. The maximum atomic E-state index is 13.1. The maximum Gasteiger partial charge on any atom is 0.416 e. The number of carbonyl (C=O) groups excluding carboxylic acids is 1. The zero-order chi connectivity index (χ0) is 21.5. The zero-order valence-corrected chi connectivity index (χ0v) is 16.9. The van der Waals surface area contributed by atoms with E-state index in [4.69, 9.17) is 0 Å². The van der Waals surface area contributed by atoms with Gasteiger partial charge in [0.1, 0.15) is 25.0 Å². The lowest BCUT2D eigenvalue weighted by atomic mass is 9.58. The molecular formula is C19H24F3N4O2S+. The number of rotatable bonds is 5. The van der Waals surface area contributed by atoms with Crippen molar-refractivity contribution in [1.82, 2.24) is 5.32 Å². The van der Waals surface area contributed by atoms with Crippen molar-refractivity contribution in [2.75, 3.05) is 12.0 Å². The molecule has 29 heavy (non-hydrogen) atoms. The van der Waals surface area contributed by atoms with Crippen LogP contribution in [-0.4, -0.2) is 27.4 Å². The highest BCUT2D eigenvalue weighted by atomic mass is 32.1. The highest BCUT2D eigenvalue weighted by Crippen LogP contribution is 2.52. The van der Waals surface area contributed by atoms with E-state index in [1.807, 2.05) is 0 Å². The number of hydrogen-bond donors (Lipinski definition) is 4. The van der Waals surface area contributed by atoms with Crippen LogP contribution in [-0.2, 0) is 6.18 Å². The van der Waals surface area contributed by atoms with Crippen molar-refractivity contribution >= 4 is 24.4 Å². The minimum Gasteiger partial charge on any atom is -0.347 e. The number of nitrogens with one attached hydrogen (secondary N) is 2. The highest BCUT2D eigenvalue weighted by Gasteiger charge is 2.49. The fourth-order valence-corrected chi connectivity index (χ4v) is 4.24. The first kappa shape index (κ1) is 21.7. The Morgan fingerprint density at radius 1 is 1.28 bits per heavy atom. The molecule has 2 bridgehead atoms. The predicted octanol–water partition coefficient (Wildman–Crippen LogP) is 4.45. The molecule has 6 nitrogen and oxygen atoms in total. The Balaban J connectivity index is 1.87. The van der Waals surface area contributed by atoms with Crippen LogP contribution in [0.15, 0.2) is 18.2 Å². The Kier molecular flexibility index (Phi) is 5.53. The van der Waals surface area contributed by atoms with Gasteiger partial charge < -0.3 is 5.32 Å². The number of hydroxylamine groups is 1. The van der Waals surface area contributed by atoms with Gasteiger partial charge in [-0.05, 0) is 67.8 Å². The van der Waals surface area contributed by atoms with E-state index < -0.39 is 27.3 Å². The van der Waals surface area contributed by atoms with Crippen LogP contribution in [0.4, 0.5) is 18.9 Å². The minimum absolute atomic E-state index is 0.00545. The lowest BCUT2D eigenvalue weighted by Gasteiger charge is -2.50. The lowest BCUT2D eigenvalue weighted by Crippen LogP contribution is -2.56. The van der Waals surface area contributed by atoms with Gasteiger partial charge >= 0.3 is 6.18 Å². The summed E-state index contributed by atoms with van der Waals surface area (Å²) in [5, 5.41) is 22.5. The number of hydrogen-bond acceptors (Lipinski definition) is 5. The molecule has 0 aromatic heterocycles. The van der Waals surface area contributed by atoms with Crippen molar-refractivity contribution in [2.24, 2.45) is 5.41 Å². The molecule has 1 aromatic rings. The second-order valence-electron chi connectivity index (χ2n) is 8.04. The number of alkyl halides is 3. The largest absolute Gasteiger partial charge is 0.416 e. The molecule has 10 heteroatoms. The van der Waals surface area contributed by atoms with Crippen LogP contribution >= 0.6 is 12.8 Å². The molecule has 3 aliphatic carbocycles. The monoisotopic (exact) mass is 429 g/mol. The molecule has 1 amide bonds. The van der Waals surface area contributed by atoms with E-state index in [1.165, 1.54) is 0 Å². The number of thiol groups is 1. The molecule has 4 rings (SSSR count). The molecule has 1 atom stereocenters. The number of benzene rings is 1. The predicted molar refractivity (Wildman–Crippen MR) is 103 cm³/mol. The number of carbonyl (C=O) groups is 1. The molecule has 3 saturated carbocycles. The summed E-state index contributed by atoms with van der Waals surface area (Å²) in [6.45, 7) is 1.62. The summed E-state index contributed by atoms with van der Waals surface area (Å²) >= 11 is 3.95. The number of fused-ring (bicyclic) bond motifs is 3. The molecule has 3 N–H and O–H groups in total. The molecule has 0 radical (unpaired) electrons. The summed E-state index contributed by atoms with van der Waals surface area (Å²) in [6.07, 6.45) is -0.502. The number of nitrogens with zero attached hydrogens (tertiary/aromatic N) is 2. The summed E-state index contributed by atoms with van der Waals surface area (Å²) in [5.74, 6) is -0.517. The Morgan fingerprint density at radius 2 is 1.86 bits per heavy atom. The van der Waals surface area contributed by atoms with E-state index in [2.05, 4.69) is 29.6 Å². The zero-order valence-electron chi connectivity index (χ0n) is 16.0. The quantitative estimate of drug-likeness (QED) is 0.317. The van der Waals surface area contributed by atoms with Crippen molar-refractivity contribution in [3.63, 3.8) is 0 Å². The van der Waals surface area contributed by atoms with Gasteiger partial charge in [-0.25, -0.2) is 0 Å². The van der Waals surface area contributed by atoms with E-state index in [9.17, 15) is 28.4 Å². The fraction of sp³-hybridized carbons (Fsp3) is 0.579. The molecule has 1 unspecified atom stereocenters. The second kappa shape index (κ2) is 7.38. The van der Waals surface area contributed by atoms with Crippen molar-refractivity contribution in [3.8, 4) is 6.07 Å². The van der Waals surface area contributed by atoms with Crippen molar-refractivity contribution in [2.45, 2.75) is 57.2 Å². The summed E-state index contributed by atoms with van der Waals surface area (Å²) < 4.78 is 38.3. The van der Waals surface area contributed by atoms with Crippen molar-refractivity contribution in [3.05, 3.63) is 29.3 Å². The van der Waals surface area contributed by atoms with E-state index in [0.29, 0.717) is 38.5 Å². The molecule has 3 aliphatic rings. The van der Waals surface area contributed by atoms with E-state index in [-0.39, 0.29) is 23.2 Å². The van der Waals surface area contributed by atoms with Gasteiger partial charge in [0.2, 0.25) is 0 Å². The van der Waals surface area contributed by atoms with Gasteiger partial charge in [0.25, 0.3) is 5.91 Å². The molecule has 0 saturated heterocycles. The first-order valence-corrected chi connectivity index (χ1v) is 9.90. The highest BCUT2D eigenvalue weighted by molar-refractivity contribution is 7.74. The smallest absolute Gasteiger partial charge is 0.347 e. The first-order chi connectivity index (χ1) is 13.4. The van der Waals surface area contributed by atoms with E-state index >= 15 is 0 Å². The number of amides is 1. The Morgan fingerprint density at radius 3 is 2.34 bits per heavy atom. The van der Waals surface area contributed by atoms with Gasteiger partial charge in [-0.15, -0.1) is 0 Å². The van der Waals surface area contributed by atoms with Crippen LogP contribution < -0.4 is 10.7 Å². The van der Waals surface area contributed by atoms with Crippen molar-refractivity contribution < 1.29 is 27.3 Å². The first-order valence-electron chi connectivity index (χ1n) is 9.50. The normalized spacial score (nSPS) is 28.3. The maximum absolute atomic E-state index is 13.1. The van der Waals surface area contributed by atoms with Crippen LogP contribution in [0, 0.1) is 16.7 Å². The Bertz CT molecular complexity index is 826. The lowest BCUT2D eigenvalue weighted by molar-refractivity contribution is -0.970. The molecular weight excluding hydrogens is 405 g/mol. The third kappa shape index (κ3) is 4.47. The molecule has 0 aliphatic heterocycles. The molecule has 0 spiro atoms. The number of anilines is 1. The SMILES string of the molecule is CC[N+](O)(S)Nc1cc(C(F)(F)F)ccc1C(=O)NC12CCC(C#N)(CC1)CC2. The molecule has 0 heterocycles. The van der Waals surface area contributed by atoms with Gasteiger partial charge in [0.15, 0.2) is 0 Å². The summed E-state index contributed by atoms with van der Waals surface area (Å²) in [5.41, 5.74) is 0.610. The van der Waals surface area contributed by atoms with Gasteiger partial charge in [-0.3, -0.25) is 4.79 Å². The summed E-state index contributed by atoms with van der Waals surface area (Å²) in [7, 11) is 0. The number of quaternary nitrogens is 1. The summed E-state index contributed by atoms with van der Waals surface area (Å²) in [6, 6.07) is 5.14. The Labute approximate surface area is 172 Å². The fourth-order valence-electron chi connectivity index (χ4n) is 4.13. The number of nitriles is 1. The van der Waals surface area contributed by atoms with Crippen LogP contribution in [0.3, 0.4) is 0 Å². The third-order valence-corrected chi connectivity index (χ3v) is 6.58. The average molecular weight is 429 g/mol. The van der Waals surface area contributed by atoms with E-state index in [1.54, 1.807) is 6.92 Å². The minimum atomic E-state index is -4.59. The van der Waals surface area contributed by atoms with Crippen molar-refractivity contribution in [1.29, 1.82) is 5.26 Å². The molecule has 1 aromatic carbocycles. The third-order valence-electron chi connectivity index (χ3n) is 6.19. The van der Waals surface area contributed by atoms with Crippen LogP contribution in [0.25, 0.3) is 0 Å². The van der Waals surface area contributed by atoms with Gasteiger partial charge in [0, 0.05) is 5.54 Å². The van der Waals surface area contributed by atoms with E-state index in [0.717, 1.165) is 18.2 Å².